The zero-order chi connectivity index (χ0) is 23.9. The van der Waals surface area contributed by atoms with Gasteiger partial charge in [0, 0.05) is 5.92 Å². The number of rotatable bonds is 7. The molecule has 7 nitrogen and oxygen atoms in total. The Hall–Kier alpha value is -3.97. The summed E-state index contributed by atoms with van der Waals surface area (Å²) in [5.74, 6) is -2.37. The molecule has 0 radical (unpaired) electrons. The zero-order valence-electron chi connectivity index (χ0n) is 18.3. The number of benzene rings is 3. The van der Waals surface area contributed by atoms with E-state index in [1.807, 2.05) is 0 Å². The summed E-state index contributed by atoms with van der Waals surface area (Å²) < 4.78 is 16.7. The highest BCUT2D eigenvalue weighted by molar-refractivity contribution is 5.90. The maximum absolute atomic E-state index is 12.8. The summed E-state index contributed by atoms with van der Waals surface area (Å²) >= 11 is 0. The van der Waals surface area contributed by atoms with Crippen molar-refractivity contribution in [2.75, 3.05) is 6.61 Å². The second-order valence-corrected chi connectivity index (χ2v) is 8.00. The fourth-order valence-corrected chi connectivity index (χ4v) is 3.91. The number of carbonyl (C=O) groups is 3. The van der Waals surface area contributed by atoms with Crippen LogP contribution in [0.1, 0.15) is 37.5 Å². The normalized spacial score (nSPS) is 21.4. The van der Waals surface area contributed by atoms with Gasteiger partial charge < -0.3 is 19.3 Å². The standard InChI is InChI=1S/C27H24O7/c28-22-16-21(17-32-25(29)18-10-4-1-5-11-18)23(33-26(30)19-12-6-2-7-13-19)24(22)34-27(31)20-14-8-3-9-15-20/h1-15,21-24,28H,16-17H2/t21-,22+,23?,24?/m1/s1. The first-order valence-corrected chi connectivity index (χ1v) is 10.9. The Morgan fingerprint density at radius 3 is 1.53 bits per heavy atom. The molecule has 0 aliphatic heterocycles. The molecule has 3 aromatic carbocycles. The molecule has 4 rings (SSSR count). The van der Waals surface area contributed by atoms with E-state index in [1.54, 1.807) is 91.0 Å². The van der Waals surface area contributed by atoms with E-state index in [2.05, 4.69) is 0 Å². The minimum absolute atomic E-state index is 0.114. The van der Waals surface area contributed by atoms with Crippen LogP contribution in [0.2, 0.25) is 0 Å². The quantitative estimate of drug-likeness (QED) is 0.424. The third-order valence-corrected chi connectivity index (χ3v) is 5.66. The lowest BCUT2D eigenvalue weighted by Crippen LogP contribution is -2.40. The van der Waals surface area contributed by atoms with Gasteiger partial charge in [-0.3, -0.25) is 0 Å². The predicted octanol–water partition coefficient (Wildman–Crippen LogP) is 3.68. The SMILES string of the molecule is O=C(OC[C@H]1C[C@H](O)C(OC(=O)c2ccccc2)C1OC(=O)c1ccccc1)c1ccccc1. The van der Waals surface area contributed by atoms with Crippen LogP contribution in [0.3, 0.4) is 0 Å². The third-order valence-electron chi connectivity index (χ3n) is 5.66. The minimum atomic E-state index is -1.11. The predicted molar refractivity (Wildman–Crippen MR) is 122 cm³/mol. The van der Waals surface area contributed by atoms with Crippen molar-refractivity contribution in [3.63, 3.8) is 0 Å². The first-order valence-electron chi connectivity index (χ1n) is 10.9. The smallest absolute Gasteiger partial charge is 0.338 e. The third kappa shape index (κ3) is 5.50. The number of hydrogen-bond donors (Lipinski definition) is 1. The Bertz CT molecular complexity index is 1120. The average molecular weight is 460 g/mol. The van der Waals surface area contributed by atoms with Gasteiger partial charge in [-0.1, -0.05) is 54.6 Å². The van der Waals surface area contributed by atoms with Crippen LogP contribution in [0.5, 0.6) is 0 Å². The van der Waals surface area contributed by atoms with Crippen molar-refractivity contribution in [1.29, 1.82) is 0 Å². The van der Waals surface area contributed by atoms with Crippen LogP contribution in [-0.4, -0.2) is 47.9 Å². The molecule has 1 fully saturated rings. The van der Waals surface area contributed by atoms with Gasteiger partial charge in [0.25, 0.3) is 0 Å². The Labute approximate surface area is 196 Å². The van der Waals surface area contributed by atoms with Crippen molar-refractivity contribution in [3.05, 3.63) is 108 Å². The van der Waals surface area contributed by atoms with E-state index in [9.17, 15) is 19.5 Å². The molecule has 1 N–H and O–H groups in total. The molecule has 0 bridgehead atoms. The largest absolute Gasteiger partial charge is 0.462 e. The Morgan fingerprint density at radius 1 is 0.647 bits per heavy atom. The Morgan fingerprint density at radius 2 is 1.06 bits per heavy atom. The van der Waals surface area contributed by atoms with Crippen molar-refractivity contribution in [2.45, 2.75) is 24.7 Å². The fraction of sp³-hybridized carbons (Fsp3) is 0.222. The molecule has 1 aliphatic rings. The number of esters is 3. The van der Waals surface area contributed by atoms with Gasteiger partial charge in [-0.05, 0) is 42.8 Å². The summed E-state index contributed by atoms with van der Waals surface area (Å²) in [7, 11) is 0. The summed E-state index contributed by atoms with van der Waals surface area (Å²) in [6.07, 6.45) is -3.08. The van der Waals surface area contributed by atoms with Gasteiger partial charge in [-0.25, -0.2) is 14.4 Å². The van der Waals surface area contributed by atoms with Crippen molar-refractivity contribution in [3.8, 4) is 0 Å². The highest BCUT2D eigenvalue weighted by Gasteiger charge is 2.48. The van der Waals surface area contributed by atoms with E-state index >= 15 is 0 Å². The molecule has 4 atom stereocenters. The molecule has 1 aliphatic carbocycles. The van der Waals surface area contributed by atoms with Crippen LogP contribution >= 0.6 is 0 Å². The van der Waals surface area contributed by atoms with E-state index in [0.717, 1.165) is 0 Å². The van der Waals surface area contributed by atoms with Crippen molar-refractivity contribution >= 4 is 17.9 Å². The first kappa shape index (κ1) is 23.2. The molecule has 34 heavy (non-hydrogen) atoms. The Balaban J connectivity index is 1.51. The van der Waals surface area contributed by atoms with Gasteiger partial charge in [0.1, 0.15) is 6.10 Å². The second kappa shape index (κ2) is 10.8. The average Bonchev–Trinajstić information content (AvgIpc) is 3.17. The number of ether oxygens (including phenoxy) is 3. The lowest BCUT2D eigenvalue weighted by molar-refractivity contribution is -0.0636. The second-order valence-electron chi connectivity index (χ2n) is 8.00. The maximum atomic E-state index is 12.8. The van der Waals surface area contributed by atoms with Gasteiger partial charge in [0.05, 0.1) is 29.4 Å². The highest BCUT2D eigenvalue weighted by atomic mass is 16.6. The molecule has 3 aromatic rings. The lowest BCUT2D eigenvalue weighted by Gasteiger charge is -2.25. The summed E-state index contributed by atoms with van der Waals surface area (Å²) in [5.41, 5.74) is 1.00. The molecule has 2 unspecified atom stereocenters. The van der Waals surface area contributed by atoms with Crippen molar-refractivity contribution in [1.82, 2.24) is 0 Å². The molecule has 0 amide bonds. The van der Waals surface area contributed by atoms with Crippen LogP contribution < -0.4 is 0 Å². The monoisotopic (exact) mass is 460 g/mol. The van der Waals surface area contributed by atoms with Crippen molar-refractivity contribution < 1.29 is 33.7 Å². The topological polar surface area (TPSA) is 99.1 Å². The van der Waals surface area contributed by atoms with Crippen molar-refractivity contribution in [2.24, 2.45) is 5.92 Å². The molecule has 0 aromatic heterocycles. The number of aliphatic hydroxyl groups excluding tert-OH is 1. The summed E-state index contributed by atoms with van der Waals surface area (Å²) in [6, 6.07) is 25.2. The number of hydrogen-bond acceptors (Lipinski definition) is 7. The van der Waals surface area contributed by atoms with E-state index in [0.29, 0.717) is 16.7 Å². The van der Waals surface area contributed by atoms with Crippen LogP contribution in [0.4, 0.5) is 0 Å². The van der Waals surface area contributed by atoms with Gasteiger partial charge in [-0.2, -0.15) is 0 Å². The molecule has 174 valence electrons. The van der Waals surface area contributed by atoms with E-state index in [-0.39, 0.29) is 13.0 Å². The van der Waals surface area contributed by atoms with E-state index in [1.165, 1.54) is 0 Å². The molecular formula is C27H24O7. The molecule has 1 saturated carbocycles. The number of aliphatic hydroxyl groups is 1. The van der Waals surface area contributed by atoms with Crippen LogP contribution in [-0.2, 0) is 14.2 Å². The molecule has 0 saturated heterocycles. The van der Waals surface area contributed by atoms with Crippen LogP contribution in [0.25, 0.3) is 0 Å². The molecule has 7 heteroatoms. The Kier molecular flexibility index (Phi) is 7.34. The highest BCUT2D eigenvalue weighted by Crippen LogP contribution is 2.33. The van der Waals surface area contributed by atoms with Gasteiger partial charge >= 0.3 is 17.9 Å². The summed E-state index contributed by atoms with van der Waals surface area (Å²) in [4.78, 5) is 37.8. The van der Waals surface area contributed by atoms with Crippen LogP contribution in [0, 0.1) is 5.92 Å². The zero-order valence-corrected chi connectivity index (χ0v) is 18.3. The van der Waals surface area contributed by atoms with E-state index < -0.39 is 42.1 Å². The number of carbonyl (C=O) groups excluding carboxylic acids is 3. The molecule has 0 heterocycles. The fourth-order valence-electron chi connectivity index (χ4n) is 3.91. The van der Waals surface area contributed by atoms with Gasteiger partial charge in [0.2, 0.25) is 0 Å². The van der Waals surface area contributed by atoms with E-state index in [4.69, 9.17) is 14.2 Å². The van der Waals surface area contributed by atoms with Gasteiger partial charge in [0.15, 0.2) is 6.10 Å². The first-order chi connectivity index (χ1) is 16.5. The lowest BCUT2D eigenvalue weighted by atomic mass is 10.1. The van der Waals surface area contributed by atoms with Gasteiger partial charge in [-0.15, -0.1) is 0 Å². The minimum Gasteiger partial charge on any atom is -0.462 e. The summed E-state index contributed by atoms with van der Waals surface area (Å²) in [6.45, 7) is -0.114. The molecular weight excluding hydrogens is 436 g/mol. The maximum Gasteiger partial charge on any atom is 0.338 e. The van der Waals surface area contributed by atoms with Crippen LogP contribution in [0.15, 0.2) is 91.0 Å². The summed E-state index contributed by atoms with van der Waals surface area (Å²) in [5, 5.41) is 10.7. The molecule has 0 spiro atoms.